The summed E-state index contributed by atoms with van der Waals surface area (Å²) in [5.74, 6) is 3.89. The molecule has 11 heteroatoms. The first kappa shape index (κ1) is 22.6. The molecule has 2 N–H and O–H groups in total. The average Bonchev–Trinajstić information content (AvgIpc) is 2.87. The number of nitrogens with one attached hydrogen (secondary N) is 2. The second-order valence-corrected chi connectivity index (χ2v) is 6.87. The van der Waals surface area contributed by atoms with Crippen molar-refractivity contribution in [3.8, 4) is 28.7 Å². The van der Waals surface area contributed by atoms with Gasteiger partial charge in [0, 0.05) is 41.7 Å². The number of hydrogen-bond acceptors (Lipinski definition) is 11. The standard InChI is InChI=1S/C23H24N6O5/c1-30-16-10-14-15(11-17(16)31-2)27-23(28-20-12-24-6-7-25-20)29-22(14)26-13-8-18(32-3)21(34-5)19(9-13)33-4/h6-12H,1-5H3,(H2,25,26,27,28,29). The molecule has 0 saturated carbocycles. The maximum atomic E-state index is 5.48. The molecule has 2 heterocycles. The summed E-state index contributed by atoms with van der Waals surface area (Å²) in [7, 11) is 7.80. The summed E-state index contributed by atoms with van der Waals surface area (Å²) in [5, 5.41) is 7.10. The second-order valence-electron chi connectivity index (χ2n) is 6.87. The van der Waals surface area contributed by atoms with E-state index in [0.29, 0.717) is 62.9 Å². The molecular formula is C23H24N6O5. The van der Waals surface area contributed by atoms with Gasteiger partial charge in [-0.05, 0) is 6.07 Å². The molecule has 2 aromatic carbocycles. The highest BCUT2D eigenvalue weighted by Crippen LogP contribution is 2.42. The highest BCUT2D eigenvalue weighted by Gasteiger charge is 2.17. The molecule has 0 aliphatic rings. The van der Waals surface area contributed by atoms with Crippen LogP contribution in [0.5, 0.6) is 28.7 Å². The van der Waals surface area contributed by atoms with Crippen molar-refractivity contribution in [1.29, 1.82) is 0 Å². The summed E-state index contributed by atoms with van der Waals surface area (Å²) in [6, 6.07) is 7.15. The minimum absolute atomic E-state index is 0.315. The summed E-state index contributed by atoms with van der Waals surface area (Å²) in [5.41, 5.74) is 1.28. The number of fused-ring (bicyclic) bond motifs is 1. The van der Waals surface area contributed by atoms with Crippen molar-refractivity contribution in [3.05, 3.63) is 42.9 Å². The van der Waals surface area contributed by atoms with Gasteiger partial charge in [-0.25, -0.2) is 9.97 Å². The Hall–Kier alpha value is -4.54. The molecular weight excluding hydrogens is 440 g/mol. The van der Waals surface area contributed by atoms with E-state index in [2.05, 4.69) is 30.6 Å². The Morgan fingerprint density at radius 3 is 1.94 bits per heavy atom. The van der Waals surface area contributed by atoms with E-state index < -0.39 is 0 Å². The van der Waals surface area contributed by atoms with Crippen molar-refractivity contribution >= 4 is 34.2 Å². The van der Waals surface area contributed by atoms with Gasteiger partial charge in [0.25, 0.3) is 0 Å². The lowest BCUT2D eigenvalue weighted by atomic mass is 10.2. The van der Waals surface area contributed by atoms with E-state index in [-0.39, 0.29) is 0 Å². The largest absolute Gasteiger partial charge is 0.493 e. The van der Waals surface area contributed by atoms with Crippen LogP contribution in [0.4, 0.5) is 23.3 Å². The van der Waals surface area contributed by atoms with Crippen LogP contribution in [-0.4, -0.2) is 55.5 Å². The Morgan fingerprint density at radius 2 is 1.35 bits per heavy atom. The van der Waals surface area contributed by atoms with Crippen LogP contribution < -0.4 is 34.3 Å². The van der Waals surface area contributed by atoms with E-state index in [4.69, 9.17) is 23.7 Å². The van der Waals surface area contributed by atoms with Crippen LogP contribution in [-0.2, 0) is 0 Å². The van der Waals surface area contributed by atoms with Crippen molar-refractivity contribution in [1.82, 2.24) is 19.9 Å². The number of aromatic nitrogens is 4. The van der Waals surface area contributed by atoms with E-state index in [0.717, 1.165) is 0 Å². The predicted octanol–water partition coefficient (Wildman–Crippen LogP) is 3.95. The summed E-state index contributed by atoms with van der Waals surface area (Å²) < 4.78 is 27.3. The van der Waals surface area contributed by atoms with Crippen LogP contribution in [0.1, 0.15) is 0 Å². The van der Waals surface area contributed by atoms with Crippen molar-refractivity contribution in [3.63, 3.8) is 0 Å². The third-order valence-corrected chi connectivity index (χ3v) is 4.93. The van der Waals surface area contributed by atoms with Gasteiger partial charge < -0.3 is 34.3 Å². The van der Waals surface area contributed by atoms with Crippen molar-refractivity contribution in [2.24, 2.45) is 0 Å². The highest BCUT2D eigenvalue weighted by molar-refractivity contribution is 5.94. The molecule has 4 rings (SSSR count). The van der Waals surface area contributed by atoms with E-state index >= 15 is 0 Å². The Balaban J connectivity index is 1.85. The summed E-state index contributed by atoms with van der Waals surface area (Å²) in [6.07, 6.45) is 4.74. The molecule has 176 valence electrons. The number of ether oxygens (including phenoxy) is 5. The SMILES string of the molecule is COc1cc2nc(Nc3cnccn3)nc(Nc3cc(OC)c(OC)c(OC)c3)c2cc1OC. The first-order valence-corrected chi connectivity index (χ1v) is 10.1. The number of nitrogens with zero attached hydrogens (tertiary/aromatic N) is 4. The monoisotopic (exact) mass is 464 g/mol. The minimum atomic E-state index is 0.315. The topological polar surface area (TPSA) is 122 Å². The fourth-order valence-electron chi connectivity index (χ4n) is 3.37. The van der Waals surface area contributed by atoms with Gasteiger partial charge in [-0.1, -0.05) is 0 Å². The Kier molecular flexibility index (Phi) is 6.62. The van der Waals surface area contributed by atoms with Gasteiger partial charge in [-0.3, -0.25) is 4.98 Å². The normalized spacial score (nSPS) is 10.5. The van der Waals surface area contributed by atoms with Crippen LogP contribution in [0.3, 0.4) is 0 Å². The van der Waals surface area contributed by atoms with Gasteiger partial charge in [0.15, 0.2) is 28.8 Å². The van der Waals surface area contributed by atoms with Gasteiger partial charge in [0.2, 0.25) is 11.7 Å². The van der Waals surface area contributed by atoms with Gasteiger partial charge in [0.1, 0.15) is 5.82 Å². The van der Waals surface area contributed by atoms with E-state index in [9.17, 15) is 0 Å². The quantitative estimate of drug-likeness (QED) is 0.374. The molecule has 0 aliphatic carbocycles. The minimum Gasteiger partial charge on any atom is -0.493 e. The fraction of sp³-hybridized carbons (Fsp3) is 0.217. The van der Waals surface area contributed by atoms with Gasteiger partial charge in [-0.15, -0.1) is 0 Å². The lowest BCUT2D eigenvalue weighted by Crippen LogP contribution is -2.04. The Morgan fingerprint density at radius 1 is 0.676 bits per heavy atom. The maximum Gasteiger partial charge on any atom is 0.230 e. The summed E-state index contributed by atoms with van der Waals surface area (Å²) >= 11 is 0. The summed E-state index contributed by atoms with van der Waals surface area (Å²) in [6.45, 7) is 0. The van der Waals surface area contributed by atoms with Crippen LogP contribution in [0, 0.1) is 0 Å². The zero-order chi connectivity index (χ0) is 24.1. The van der Waals surface area contributed by atoms with E-state index in [1.165, 1.54) is 0 Å². The number of hydrogen-bond donors (Lipinski definition) is 2. The molecule has 0 bridgehead atoms. The van der Waals surface area contributed by atoms with E-state index in [1.807, 2.05) is 0 Å². The fourth-order valence-corrected chi connectivity index (χ4v) is 3.37. The first-order valence-electron chi connectivity index (χ1n) is 10.1. The third-order valence-electron chi connectivity index (χ3n) is 4.93. The zero-order valence-electron chi connectivity index (χ0n) is 19.4. The molecule has 11 nitrogen and oxygen atoms in total. The van der Waals surface area contributed by atoms with Crippen molar-refractivity contribution < 1.29 is 23.7 Å². The zero-order valence-corrected chi connectivity index (χ0v) is 19.4. The summed E-state index contributed by atoms with van der Waals surface area (Å²) in [4.78, 5) is 17.6. The van der Waals surface area contributed by atoms with E-state index in [1.54, 1.807) is 78.4 Å². The molecule has 0 unspecified atom stereocenters. The molecule has 0 aliphatic heterocycles. The van der Waals surface area contributed by atoms with Gasteiger partial charge in [0.05, 0.1) is 47.3 Å². The van der Waals surface area contributed by atoms with Crippen LogP contribution >= 0.6 is 0 Å². The molecule has 2 aromatic heterocycles. The molecule has 4 aromatic rings. The highest BCUT2D eigenvalue weighted by atomic mass is 16.5. The lowest BCUT2D eigenvalue weighted by molar-refractivity contribution is 0.324. The van der Waals surface area contributed by atoms with Gasteiger partial charge in [-0.2, -0.15) is 4.98 Å². The number of rotatable bonds is 9. The average molecular weight is 464 g/mol. The number of anilines is 4. The number of benzene rings is 2. The molecule has 0 amide bonds. The second kappa shape index (κ2) is 9.94. The number of methoxy groups -OCH3 is 5. The van der Waals surface area contributed by atoms with Crippen molar-refractivity contribution in [2.45, 2.75) is 0 Å². The molecule has 34 heavy (non-hydrogen) atoms. The van der Waals surface area contributed by atoms with Crippen LogP contribution in [0.15, 0.2) is 42.9 Å². The van der Waals surface area contributed by atoms with Crippen LogP contribution in [0.25, 0.3) is 10.9 Å². The predicted molar refractivity (Wildman–Crippen MR) is 127 cm³/mol. The van der Waals surface area contributed by atoms with Crippen molar-refractivity contribution in [2.75, 3.05) is 46.2 Å². The molecule has 0 radical (unpaired) electrons. The molecule has 0 spiro atoms. The first-order chi connectivity index (χ1) is 16.6. The third kappa shape index (κ3) is 4.49. The molecule has 0 fully saturated rings. The molecule has 0 atom stereocenters. The Bertz CT molecular complexity index is 1280. The molecule has 0 saturated heterocycles. The Labute approximate surface area is 196 Å². The van der Waals surface area contributed by atoms with Gasteiger partial charge >= 0.3 is 0 Å². The lowest BCUT2D eigenvalue weighted by Gasteiger charge is -2.17. The van der Waals surface area contributed by atoms with Crippen LogP contribution in [0.2, 0.25) is 0 Å². The maximum absolute atomic E-state index is 5.48. The smallest absolute Gasteiger partial charge is 0.230 e.